The van der Waals surface area contributed by atoms with E-state index in [0.29, 0.717) is 12.5 Å². The molecule has 0 fully saturated rings. The monoisotopic (exact) mass is 239 g/mol. The summed E-state index contributed by atoms with van der Waals surface area (Å²) in [6.45, 7) is 2.63. The van der Waals surface area contributed by atoms with Crippen LogP contribution in [0.15, 0.2) is 29.4 Å². The number of ether oxygens (including phenoxy) is 1. The van der Waals surface area contributed by atoms with E-state index in [1.807, 2.05) is 31.2 Å². The quantitative estimate of drug-likeness (QED) is 0.757. The van der Waals surface area contributed by atoms with Crippen molar-refractivity contribution in [2.24, 2.45) is 5.16 Å². The van der Waals surface area contributed by atoms with Crippen molar-refractivity contribution >= 4 is 17.3 Å². The Labute approximate surface area is 100.0 Å². The number of hydrogen-bond acceptors (Lipinski definition) is 3. The van der Waals surface area contributed by atoms with Crippen LogP contribution in [0.3, 0.4) is 0 Å². The first-order valence-corrected chi connectivity index (χ1v) is 5.88. The molecule has 2 rings (SSSR count). The Balaban J connectivity index is 2.12. The Hall–Kier alpha value is -1.22. The first kappa shape index (κ1) is 11.3. The van der Waals surface area contributed by atoms with E-state index in [2.05, 4.69) is 5.16 Å². The van der Waals surface area contributed by atoms with Gasteiger partial charge in [-0.15, -0.1) is 11.6 Å². The van der Waals surface area contributed by atoms with Crippen molar-refractivity contribution < 1.29 is 9.57 Å². The maximum Gasteiger partial charge on any atom is 0.146 e. The lowest BCUT2D eigenvalue weighted by molar-refractivity contribution is 0.102. The van der Waals surface area contributed by atoms with E-state index < -0.39 is 0 Å². The van der Waals surface area contributed by atoms with Crippen molar-refractivity contribution in [1.82, 2.24) is 0 Å². The Morgan fingerprint density at radius 3 is 3.12 bits per heavy atom. The molecule has 0 bridgehead atoms. The minimum absolute atomic E-state index is 0.00687. The molecule has 0 amide bonds. The highest BCUT2D eigenvalue weighted by Crippen LogP contribution is 2.20. The van der Waals surface area contributed by atoms with Gasteiger partial charge in [0.1, 0.15) is 11.9 Å². The molecule has 1 aromatic carbocycles. The minimum Gasteiger partial charge on any atom is -0.494 e. The lowest BCUT2D eigenvalue weighted by atomic mass is 10.1. The van der Waals surface area contributed by atoms with Crippen LogP contribution in [0.5, 0.6) is 5.75 Å². The predicted octanol–water partition coefficient (Wildman–Crippen LogP) is 2.82. The average Bonchev–Trinajstić information content (AvgIpc) is 2.78. The van der Waals surface area contributed by atoms with Gasteiger partial charge < -0.3 is 9.57 Å². The maximum absolute atomic E-state index is 5.72. The van der Waals surface area contributed by atoms with Crippen LogP contribution in [0, 0.1) is 0 Å². The second kappa shape index (κ2) is 5.21. The van der Waals surface area contributed by atoms with Gasteiger partial charge in [0.15, 0.2) is 0 Å². The molecule has 0 spiro atoms. The van der Waals surface area contributed by atoms with E-state index in [1.165, 1.54) is 0 Å². The number of halogens is 1. The number of alkyl halides is 1. The maximum atomic E-state index is 5.72. The molecule has 16 heavy (non-hydrogen) atoms. The molecule has 0 saturated carbocycles. The van der Waals surface area contributed by atoms with Crippen LogP contribution in [0.25, 0.3) is 0 Å². The van der Waals surface area contributed by atoms with Crippen molar-refractivity contribution in [3.8, 4) is 5.75 Å². The molecule has 0 radical (unpaired) electrons. The number of rotatable bonds is 4. The summed E-state index contributed by atoms with van der Waals surface area (Å²) in [4.78, 5) is 5.18. The molecule has 1 atom stereocenters. The van der Waals surface area contributed by atoms with E-state index in [1.54, 1.807) is 0 Å². The molecule has 1 aliphatic heterocycles. The van der Waals surface area contributed by atoms with Gasteiger partial charge in [0.25, 0.3) is 0 Å². The molecule has 3 nitrogen and oxygen atoms in total. The van der Waals surface area contributed by atoms with E-state index in [0.717, 1.165) is 23.4 Å². The molecule has 1 aliphatic rings. The van der Waals surface area contributed by atoms with Gasteiger partial charge in [0.05, 0.1) is 18.2 Å². The Morgan fingerprint density at radius 1 is 1.56 bits per heavy atom. The summed E-state index contributed by atoms with van der Waals surface area (Å²) in [6, 6.07) is 7.86. The Morgan fingerprint density at radius 2 is 2.44 bits per heavy atom. The second-order valence-electron chi connectivity index (χ2n) is 3.58. The highest BCUT2D eigenvalue weighted by atomic mass is 35.5. The smallest absolute Gasteiger partial charge is 0.146 e. The number of benzene rings is 1. The van der Waals surface area contributed by atoms with Crippen LogP contribution in [0.1, 0.15) is 18.9 Å². The van der Waals surface area contributed by atoms with Crippen molar-refractivity contribution in [3.05, 3.63) is 29.8 Å². The van der Waals surface area contributed by atoms with Crippen LogP contribution < -0.4 is 4.74 Å². The first-order chi connectivity index (χ1) is 7.83. The minimum atomic E-state index is 0.00687. The van der Waals surface area contributed by atoms with E-state index in [4.69, 9.17) is 21.2 Å². The van der Waals surface area contributed by atoms with Gasteiger partial charge in [-0.2, -0.15) is 0 Å². The number of hydrogen-bond donors (Lipinski definition) is 0. The lowest BCUT2D eigenvalue weighted by Gasteiger charge is -2.05. The normalized spacial score (nSPS) is 19.1. The van der Waals surface area contributed by atoms with Crippen LogP contribution in [0.2, 0.25) is 0 Å². The van der Waals surface area contributed by atoms with Gasteiger partial charge in [0, 0.05) is 12.0 Å². The highest BCUT2D eigenvalue weighted by Gasteiger charge is 2.21. The predicted molar refractivity (Wildman–Crippen MR) is 64.4 cm³/mol. The molecule has 0 saturated heterocycles. The van der Waals surface area contributed by atoms with Crippen molar-refractivity contribution in [1.29, 1.82) is 0 Å². The van der Waals surface area contributed by atoms with E-state index >= 15 is 0 Å². The number of nitrogens with zero attached hydrogens (tertiary/aromatic N) is 1. The summed E-state index contributed by atoms with van der Waals surface area (Å²) in [5.41, 5.74) is 1.98. The first-order valence-electron chi connectivity index (χ1n) is 5.35. The van der Waals surface area contributed by atoms with Gasteiger partial charge in [0.2, 0.25) is 0 Å². The molecule has 1 heterocycles. The van der Waals surface area contributed by atoms with Gasteiger partial charge >= 0.3 is 0 Å². The zero-order valence-corrected chi connectivity index (χ0v) is 9.91. The average molecular weight is 240 g/mol. The van der Waals surface area contributed by atoms with Gasteiger partial charge in [-0.1, -0.05) is 17.3 Å². The second-order valence-corrected chi connectivity index (χ2v) is 3.89. The van der Waals surface area contributed by atoms with Gasteiger partial charge in [-0.05, 0) is 19.1 Å². The van der Waals surface area contributed by atoms with Crippen LogP contribution in [-0.2, 0) is 4.84 Å². The third-order valence-electron chi connectivity index (χ3n) is 2.38. The SMILES string of the molecule is CCOc1cccc(C2=NOC(CCl)C2)c1. The van der Waals surface area contributed by atoms with E-state index in [9.17, 15) is 0 Å². The molecule has 4 heteroatoms. The zero-order chi connectivity index (χ0) is 11.4. The third-order valence-corrected chi connectivity index (χ3v) is 2.73. The summed E-state index contributed by atoms with van der Waals surface area (Å²) < 4.78 is 5.44. The Bertz CT molecular complexity index is 392. The highest BCUT2D eigenvalue weighted by molar-refractivity contribution is 6.18. The summed E-state index contributed by atoms with van der Waals surface area (Å²) in [6.07, 6.45) is 0.770. The fourth-order valence-corrected chi connectivity index (χ4v) is 1.78. The summed E-state index contributed by atoms with van der Waals surface area (Å²) in [5.74, 6) is 1.33. The number of oxime groups is 1. The molecular formula is C12H14ClNO2. The largest absolute Gasteiger partial charge is 0.494 e. The standard InChI is InChI=1S/C12H14ClNO2/c1-2-15-10-5-3-4-9(6-10)12-7-11(8-13)16-14-12/h3-6,11H,2,7-8H2,1H3. The summed E-state index contributed by atoms with van der Waals surface area (Å²) in [5, 5.41) is 4.04. The van der Waals surface area contributed by atoms with Crippen LogP contribution in [-0.4, -0.2) is 24.3 Å². The fraction of sp³-hybridized carbons (Fsp3) is 0.417. The molecule has 0 aliphatic carbocycles. The van der Waals surface area contributed by atoms with Gasteiger partial charge in [-0.3, -0.25) is 0 Å². The topological polar surface area (TPSA) is 30.8 Å². The third kappa shape index (κ3) is 2.47. The Kier molecular flexibility index (Phi) is 3.67. The van der Waals surface area contributed by atoms with Crippen molar-refractivity contribution in [2.75, 3.05) is 12.5 Å². The van der Waals surface area contributed by atoms with Crippen molar-refractivity contribution in [2.45, 2.75) is 19.4 Å². The fourth-order valence-electron chi connectivity index (χ4n) is 1.61. The van der Waals surface area contributed by atoms with Crippen LogP contribution in [0.4, 0.5) is 0 Å². The molecular weight excluding hydrogens is 226 g/mol. The lowest BCUT2D eigenvalue weighted by Crippen LogP contribution is -2.09. The molecule has 1 unspecified atom stereocenters. The molecule has 0 aromatic heterocycles. The van der Waals surface area contributed by atoms with Crippen molar-refractivity contribution in [3.63, 3.8) is 0 Å². The molecule has 86 valence electrons. The van der Waals surface area contributed by atoms with Gasteiger partial charge in [-0.25, -0.2) is 0 Å². The van der Waals surface area contributed by atoms with E-state index in [-0.39, 0.29) is 6.10 Å². The summed E-state index contributed by atoms with van der Waals surface area (Å²) in [7, 11) is 0. The van der Waals surface area contributed by atoms with Crippen LogP contribution >= 0.6 is 11.6 Å². The summed E-state index contributed by atoms with van der Waals surface area (Å²) >= 11 is 5.72. The molecule has 0 N–H and O–H groups in total. The zero-order valence-electron chi connectivity index (χ0n) is 9.15. The molecule has 1 aromatic rings.